The highest BCUT2D eigenvalue weighted by molar-refractivity contribution is 7.91. The van der Waals surface area contributed by atoms with Crippen LogP contribution in [0.5, 0.6) is 0 Å². The van der Waals surface area contributed by atoms with Crippen LogP contribution in [0.25, 0.3) is 10.2 Å². The summed E-state index contributed by atoms with van der Waals surface area (Å²) in [6.45, 7) is 0.464. The molecule has 11 heteroatoms. The van der Waals surface area contributed by atoms with E-state index in [4.69, 9.17) is 11.6 Å². The van der Waals surface area contributed by atoms with E-state index < -0.39 is 15.9 Å². The first-order valence-electron chi connectivity index (χ1n) is 8.45. The van der Waals surface area contributed by atoms with Crippen molar-refractivity contribution in [3.63, 3.8) is 0 Å². The maximum atomic E-state index is 13.3. The number of hydrogen-bond acceptors (Lipinski definition) is 6. The Morgan fingerprint density at radius 3 is 2.86 bits per heavy atom. The lowest BCUT2D eigenvalue weighted by Gasteiger charge is -2.30. The lowest BCUT2D eigenvalue weighted by molar-refractivity contribution is -0.120. The third kappa shape index (κ3) is 3.92. The SMILES string of the molecule is O=C(Nc1nc2ccc(F)cc2s1)[C@H]1CCCN(S(=O)(=O)c2ccc(Cl)s2)C1. The minimum Gasteiger partial charge on any atom is -0.302 e. The topological polar surface area (TPSA) is 79.4 Å². The first-order valence-corrected chi connectivity index (χ1v) is 11.9. The van der Waals surface area contributed by atoms with E-state index in [0.717, 1.165) is 11.3 Å². The summed E-state index contributed by atoms with van der Waals surface area (Å²) in [5, 5.41) is 3.11. The van der Waals surface area contributed by atoms with E-state index in [2.05, 4.69) is 10.3 Å². The quantitative estimate of drug-likeness (QED) is 0.634. The highest BCUT2D eigenvalue weighted by Gasteiger charge is 2.34. The number of amides is 1. The number of nitrogens with one attached hydrogen (secondary N) is 1. The van der Waals surface area contributed by atoms with E-state index in [1.165, 1.54) is 33.8 Å². The van der Waals surface area contributed by atoms with Gasteiger partial charge >= 0.3 is 0 Å². The number of hydrogen-bond donors (Lipinski definition) is 1. The van der Waals surface area contributed by atoms with E-state index in [1.807, 2.05) is 0 Å². The van der Waals surface area contributed by atoms with Gasteiger partial charge in [-0.25, -0.2) is 17.8 Å². The molecule has 1 N–H and O–H groups in total. The highest BCUT2D eigenvalue weighted by atomic mass is 35.5. The Hall–Kier alpha value is -1.59. The van der Waals surface area contributed by atoms with E-state index in [1.54, 1.807) is 12.1 Å². The monoisotopic (exact) mass is 459 g/mol. The number of rotatable bonds is 4. The van der Waals surface area contributed by atoms with E-state index in [-0.39, 0.29) is 22.5 Å². The molecule has 3 heterocycles. The van der Waals surface area contributed by atoms with Gasteiger partial charge in [0.2, 0.25) is 5.91 Å². The lowest BCUT2D eigenvalue weighted by atomic mass is 9.99. The molecule has 0 aliphatic carbocycles. The van der Waals surface area contributed by atoms with Crippen LogP contribution in [0, 0.1) is 11.7 Å². The third-order valence-electron chi connectivity index (χ3n) is 4.48. The van der Waals surface area contributed by atoms with Crippen LogP contribution in [0.3, 0.4) is 0 Å². The van der Waals surface area contributed by atoms with Gasteiger partial charge in [0.1, 0.15) is 10.0 Å². The summed E-state index contributed by atoms with van der Waals surface area (Å²) in [5.41, 5.74) is 0.601. The van der Waals surface area contributed by atoms with Crippen molar-refractivity contribution in [1.82, 2.24) is 9.29 Å². The second-order valence-corrected chi connectivity index (χ2v) is 11.3. The van der Waals surface area contributed by atoms with Crippen molar-refractivity contribution in [3.05, 3.63) is 40.5 Å². The van der Waals surface area contributed by atoms with Crippen molar-refractivity contribution in [3.8, 4) is 0 Å². The average Bonchev–Trinajstić information content (AvgIpc) is 3.27. The Morgan fingerprint density at radius 2 is 2.11 bits per heavy atom. The number of halogens is 2. The zero-order chi connectivity index (χ0) is 19.9. The molecule has 28 heavy (non-hydrogen) atoms. The summed E-state index contributed by atoms with van der Waals surface area (Å²) in [6, 6.07) is 7.26. The Bertz CT molecular complexity index is 1140. The summed E-state index contributed by atoms with van der Waals surface area (Å²) in [6.07, 6.45) is 1.17. The van der Waals surface area contributed by atoms with Crippen molar-refractivity contribution < 1.29 is 17.6 Å². The predicted octanol–water partition coefficient (Wildman–Crippen LogP) is 4.19. The molecule has 0 unspecified atom stereocenters. The van der Waals surface area contributed by atoms with Crippen LogP contribution in [0.4, 0.5) is 9.52 Å². The molecule has 1 aliphatic rings. The number of carbonyl (C=O) groups excluding carboxylic acids is 1. The molecular weight excluding hydrogens is 445 g/mol. The molecule has 0 radical (unpaired) electrons. The smallest absolute Gasteiger partial charge is 0.252 e. The minimum atomic E-state index is -3.67. The number of nitrogens with zero attached hydrogens (tertiary/aromatic N) is 2. The molecule has 1 amide bonds. The van der Waals surface area contributed by atoms with Gasteiger partial charge in [0.05, 0.1) is 20.5 Å². The summed E-state index contributed by atoms with van der Waals surface area (Å²) in [5.74, 6) is -1.14. The first-order chi connectivity index (χ1) is 13.3. The van der Waals surface area contributed by atoms with Gasteiger partial charge in [0.15, 0.2) is 5.13 Å². The van der Waals surface area contributed by atoms with Crippen LogP contribution in [0.2, 0.25) is 4.34 Å². The van der Waals surface area contributed by atoms with Gasteiger partial charge in [-0.1, -0.05) is 22.9 Å². The standard InChI is InChI=1S/C17H15ClFN3O3S3/c18-14-5-6-15(27-14)28(24,25)22-7-1-2-10(9-22)16(23)21-17-20-12-4-3-11(19)8-13(12)26-17/h3-6,8,10H,1-2,7,9H2,(H,20,21,23)/t10-/m0/s1. The summed E-state index contributed by atoms with van der Waals surface area (Å²) in [7, 11) is -3.67. The summed E-state index contributed by atoms with van der Waals surface area (Å²) >= 11 is 8.04. The highest BCUT2D eigenvalue weighted by Crippen LogP contribution is 2.31. The molecule has 1 saturated heterocycles. The second kappa shape index (κ2) is 7.68. The molecule has 1 fully saturated rings. The van der Waals surface area contributed by atoms with Gasteiger partial charge in [-0.15, -0.1) is 11.3 Å². The van der Waals surface area contributed by atoms with Crippen molar-refractivity contribution in [1.29, 1.82) is 0 Å². The van der Waals surface area contributed by atoms with Gasteiger partial charge < -0.3 is 5.32 Å². The van der Waals surface area contributed by atoms with Gasteiger partial charge in [0.25, 0.3) is 10.0 Å². The molecule has 0 spiro atoms. The van der Waals surface area contributed by atoms with E-state index >= 15 is 0 Å². The number of fused-ring (bicyclic) bond motifs is 1. The van der Waals surface area contributed by atoms with E-state index in [9.17, 15) is 17.6 Å². The van der Waals surface area contributed by atoms with Crippen molar-refractivity contribution >= 4 is 65.6 Å². The Morgan fingerprint density at radius 1 is 1.29 bits per heavy atom. The van der Waals surface area contributed by atoms with Gasteiger partial charge in [-0.05, 0) is 43.2 Å². The van der Waals surface area contributed by atoms with E-state index in [0.29, 0.717) is 39.1 Å². The second-order valence-electron chi connectivity index (χ2n) is 6.38. The number of piperidine rings is 1. The number of sulfonamides is 1. The van der Waals surface area contributed by atoms with Gasteiger partial charge in [-0.2, -0.15) is 4.31 Å². The number of thiazole rings is 1. The first kappa shape index (κ1) is 19.7. The maximum Gasteiger partial charge on any atom is 0.252 e. The van der Waals surface area contributed by atoms with Crippen LogP contribution < -0.4 is 5.32 Å². The molecule has 0 bridgehead atoms. The molecule has 0 saturated carbocycles. The normalized spacial score (nSPS) is 18.4. The van der Waals surface area contributed by atoms with Crippen LogP contribution in [-0.4, -0.2) is 36.7 Å². The Labute approximate surface area is 174 Å². The molecule has 1 aromatic carbocycles. The van der Waals surface area contributed by atoms with Crippen molar-refractivity contribution in [2.24, 2.45) is 5.92 Å². The number of carbonyl (C=O) groups is 1. The van der Waals surface area contributed by atoms with Gasteiger partial charge in [-0.3, -0.25) is 4.79 Å². The predicted molar refractivity (Wildman–Crippen MR) is 109 cm³/mol. The summed E-state index contributed by atoms with van der Waals surface area (Å²) < 4.78 is 41.4. The number of anilines is 1. The maximum absolute atomic E-state index is 13.3. The van der Waals surface area contributed by atoms with Crippen LogP contribution in [0.1, 0.15) is 12.8 Å². The Balaban J connectivity index is 1.48. The Kier molecular flexibility index (Phi) is 5.41. The zero-order valence-electron chi connectivity index (χ0n) is 14.4. The van der Waals surface area contributed by atoms with Crippen LogP contribution >= 0.6 is 34.3 Å². The molecule has 1 aliphatic heterocycles. The van der Waals surface area contributed by atoms with Gasteiger partial charge in [0, 0.05) is 13.1 Å². The molecule has 148 valence electrons. The molecule has 4 rings (SSSR count). The number of thiophene rings is 1. The summed E-state index contributed by atoms with van der Waals surface area (Å²) in [4.78, 5) is 16.9. The minimum absolute atomic E-state index is 0.100. The molecular formula is C17H15ClFN3O3S3. The lowest BCUT2D eigenvalue weighted by Crippen LogP contribution is -2.43. The van der Waals surface area contributed by atoms with Crippen molar-refractivity contribution in [2.75, 3.05) is 18.4 Å². The van der Waals surface area contributed by atoms with Crippen LogP contribution in [-0.2, 0) is 14.8 Å². The van der Waals surface area contributed by atoms with Crippen molar-refractivity contribution in [2.45, 2.75) is 17.1 Å². The largest absolute Gasteiger partial charge is 0.302 e. The fraction of sp³-hybridized carbons (Fsp3) is 0.294. The average molecular weight is 460 g/mol. The molecule has 6 nitrogen and oxygen atoms in total. The molecule has 2 aromatic heterocycles. The molecule has 1 atom stereocenters. The fourth-order valence-electron chi connectivity index (χ4n) is 3.10. The zero-order valence-corrected chi connectivity index (χ0v) is 17.6. The fourth-order valence-corrected chi connectivity index (χ4v) is 7.15. The van der Waals surface area contributed by atoms with Crippen LogP contribution in [0.15, 0.2) is 34.5 Å². The number of aromatic nitrogens is 1. The third-order valence-corrected chi connectivity index (χ3v) is 8.98. The number of benzene rings is 1. The molecule has 3 aromatic rings.